The molecule has 11 nitrogen and oxygen atoms in total. The highest BCUT2D eigenvalue weighted by Gasteiger charge is 2.25. The van der Waals surface area contributed by atoms with Crippen molar-refractivity contribution >= 4 is 34.0 Å². The fourth-order valence-corrected chi connectivity index (χ4v) is 3.71. The van der Waals surface area contributed by atoms with E-state index in [0.29, 0.717) is 30.6 Å². The van der Waals surface area contributed by atoms with Crippen molar-refractivity contribution in [2.45, 2.75) is 19.4 Å². The zero-order valence-electron chi connectivity index (χ0n) is 16.8. The number of ether oxygens (including phenoxy) is 1. The maximum atomic E-state index is 12.6. The van der Waals surface area contributed by atoms with Crippen LogP contribution in [0.15, 0.2) is 52.1 Å². The van der Waals surface area contributed by atoms with Gasteiger partial charge in [0.05, 0.1) is 15.7 Å². The molecule has 4 rings (SSSR count). The van der Waals surface area contributed by atoms with E-state index in [4.69, 9.17) is 4.74 Å². The fraction of sp³-hybridized carbons (Fsp3) is 0.238. The zero-order valence-corrected chi connectivity index (χ0v) is 16.8. The van der Waals surface area contributed by atoms with Gasteiger partial charge >= 0.3 is 5.97 Å². The molecule has 1 aromatic heterocycles. The molecule has 0 spiro atoms. The van der Waals surface area contributed by atoms with Gasteiger partial charge in [-0.25, -0.2) is 4.68 Å². The summed E-state index contributed by atoms with van der Waals surface area (Å²) in [4.78, 5) is 61.3. The molecule has 164 valence electrons. The van der Waals surface area contributed by atoms with E-state index in [9.17, 15) is 29.3 Å². The number of nitrogens with one attached hydrogen (secondary N) is 1. The molecule has 0 fully saturated rings. The van der Waals surface area contributed by atoms with Gasteiger partial charge in [-0.1, -0.05) is 12.1 Å². The summed E-state index contributed by atoms with van der Waals surface area (Å²) in [7, 11) is 0. The first kappa shape index (κ1) is 21.0. The number of non-ortho nitro benzene ring substituents is 1. The Morgan fingerprint density at radius 2 is 1.88 bits per heavy atom. The number of nitrogens with zero attached hydrogens (tertiary/aromatic N) is 3. The first-order chi connectivity index (χ1) is 15.3. The number of aromatic nitrogens is 2. The van der Waals surface area contributed by atoms with E-state index in [-0.39, 0.29) is 16.5 Å². The summed E-state index contributed by atoms with van der Waals surface area (Å²) < 4.78 is 5.86. The Hall–Kier alpha value is -4.28. The van der Waals surface area contributed by atoms with E-state index in [0.717, 1.165) is 4.68 Å². The molecule has 1 N–H and O–H groups in total. The largest absolute Gasteiger partial charge is 0.454 e. The highest BCUT2D eigenvalue weighted by atomic mass is 16.6. The monoisotopic (exact) mass is 438 g/mol. The number of carbonyl (C=O) groups is 2. The van der Waals surface area contributed by atoms with E-state index < -0.39 is 41.1 Å². The number of aryl methyl sites for hydroxylation is 1. The van der Waals surface area contributed by atoms with Crippen molar-refractivity contribution < 1.29 is 19.2 Å². The number of nitro benzene ring substituents is 1. The third-order valence-electron chi connectivity index (χ3n) is 5.22. The minimum Gasteiger partial charge on any atom is -0.454 e. The molecule has 2 heterocycles. The van der Waals surface area contributed by atoms with Gasteiger partial charge in [0, 0.05) is 24.4 Å². The van der Waals surface area contributed by atoms with Crippen LogP contribution in [0, 0.1) is 10.1 Å². The number of H-pyrrole nitrogens is 1. The number of fused-ring (bicyclic) bond motifs is 2. The minimum absolute atomic E-state index is 0.0562. The van der Waals surface area contributed by atoms with Gasteiger partial charge in [-0.3, -0.25) is 34.4 Å². The lowest BCUT2D eigenvalue weighted by Gasteiger charge is -2.29. The zero-order chi connectivity index (χ0) is 22.8. The van der Waals surface area contributed by atoms with Crippen LogP contribution in [0.1, 0.15) is 12.0 Å². The lowest BCUT2D eigenvalue weighted by atomic mass is 10.0. The molecule has 3 aromatic rings. The number of benzene rings is 2. The maximum Gasteiger partial charge on any atom is 0.328 e. The molecule has 11 heteroatoms. The van der Waals surface area contributed by atoms with Crippen molar-refractivity contribution in [3.05, 3.63) is 78.8 Å². The van der Waals surface area contributed by atoms with Crippen LogP contribution in [0.25, 0.3) is 10.8 Å². The highest BCUT2D eigenvalue weighted by Crippen LogP contribution is 2.30. The van der Waals surface area contributed by atoms with Crippen LogP contribution in [0.2, 0.25) is 0 Å². The summed E-state index contributed by atoms with van der Waals surface area (Å²) in [5.41, 5.74) is 0.0702. The maximum absolute atomic E-state index is 12.6. The number of anilines is 1. The van der Waals surface area contributed by atoms with Crippen molar-refractivity contribution in [1.82, 2.24) is 9.78 Å². The molecule has 0 aliphatic carbocycles. The minimum atomic E-state index is -0.868. The average molecular weight is 438 g/mol. The molecular weight excluding hydrogens is 420 g/mol. The number of rotatable bonds is 5. The van der Waals surface area contributed by atoms with E-state index >= 15 is 0 Å². The molecule has 0 unspecified atom stereocenters. The van der Waals surface area contributed by atoms with Crippen LogP contribution in [-0.2, 0) is 27.3 Å². The predicted octanol–water partition coefficient (Wildman–Crippen LogP) is 1.12. The number of hydrogen-bond acceptors (Lipinski definition) is 7. The third kappa shape index (κ3) is 4.00. The summed E-state index contributed by atoms with van der Waals surface area (Å²) >= 11 is 0. The molecule has 32 heavy (non-hydrogen) atoms. The Morgan fingerprint density at radius 1 is 1.12 bits per heavy atom. The number of nitro groups is 1. The van der Waals surface area contributed by atoms with Crippen molar-refractivity contribution in [3.8, 4) is 0 Å². The van der Waals surface area contributed by atoms with Crippen LogP contribution in [0.5, 0.6) is 0 Å². The summed E-state index contributed by atoms with van der Waals surface area (Å²) in [5, 5.41) is 13.7. The number of amides is 1. The lowest BCUT2D eigenvalue weighted by molar-refractivity contribution is -0.384. The molecule has 1 amide bonds. The molecule has 1 aliphatic heterocycles. The highest BCUT2D eigenvalue weighted by molar-refractivity contribution is 5.96. The van der Waals surface area contributed by atoms with Gasteiger partial charge in [-0.05, 0) is 36.6 Å². The van der Waals surface area contributed by atoms with Gasteiger partial charge in [0.1, 0.15) is 6.54 Å². The Kier molecular flexibility index (Phi) is 5.54. The summed E-state index contributed by atoms with van der Waals surface area (Å²) in [6.07, 6.45) is 1.21. The molecule has 0 radical (unpaired) electrons. The van der Waals surface area contributed by atoms with E-state index in [1.807, 2.05) is 0 Å². The Labute approximate surface area is 180 Å². The Morgan fingerprint density at radius 3 is 2.62 bits per heavy atom. The number of aromatic amines is 1. The van der Waals surface area contributed by atoms with Gasteiger partial charge in [-0.2, -0.15) is 0 Å². The molecule has 0 bridgehead atoms. The number of esters is 1. The molecule has 2 aromatic carbocycles. The first-order valence-corrected chi connectivity index (χ1v) is 9.80. The molecule has 0 saturated carbocycles. The van der Waals surface area contributed by atoms with Crippen molar-refractivity contribution in [2.75, 3.05) is 18.1 Å². The lowest BCUT2D eigenvalue weighted by Crippen LogP contribution is -2.39. The second kappa shape index (κ2) is 8.46. The normalized spacial score (nSPS) is 12.9. The topological polar surface area (TPSA) is 145 Å². The van der Waals surface area contributed by atoms with Gasteiger partial charge in [0.15, 0.2) is 6.61 Å². The second-order valence-corrected chi connectivity index (χ2v) is 7.26. The fourth-order valence-electron chi connectivity index (χ4n) is 3.71. The Bertz CT molecular complexity index is 1360. The molecular formula is C21H18N4O7. The predicted molar refractivity (Wildman–Crippen MR) is 114 cm³/mol. The van der Waals surface area contributed by atoms with E-state index in [1.165, 1.54) is 35.2 Å². The van der Waals surface area contributed by atoms with E-state index in [1.54, 1.807) is 12.1 Å². The quantitative estimate of drug-likeness (QED) is 0.357. The van der Waals surface area contributed by atoms with Crippen molar-refractivity contribution in [1.29, 1.82) is 0 Å². The third-order valence-corrected chi connectivity index (χ3v) is 5.22. The van der Waals surface area contributed by atoms with Crippen LogP contribution >= 0.6 is 0 Å². The summed E-state index contributed by atoms with van der Waals surface area (Å²) in [5.74, 6) is -1.36. The SMILES string of the molecule is O=C(Cn1[nH]c(=O)c2ccccc2c1=O)OCC(=O)N1CCCc2cc([N+](=O)[O-])ccc21. The number of hydrogen-bond donors (Lipinski definition) is 1. The molecule has 1 aliphatic rings. The molecule has 0 saturated heterocycles. The van der Waals surface area contributed by atoms with Crippen molar-refractivity contribution in [2.24, 2.45) is 0 Å². The van der Waals surface area contributed by atoms with Crippen molar-refractivity contribution in [3.63, 3.8) is 0 Å². The van der Waals surface area contributed by atoms with E-state index in [2.05, 4.69) is 5.10 Å². The van der Waals surface area contributed by atoms with Crippen LogP contribution in [0.4, 0.5) is 11.4 Å². The first-order valence-electron chi connectivity index (χ1n) is 9.80. The standard InChI is InChI=1S/C21H18N4O7/c26-18(23-9-3-4-13-10-14(25(30)31)7-8-17(13)23)12-32-19(27)11-24-21(29)16-6-2-1-5-15(16)20(28)22-24/h1-2,5-8,10H,3-4,9,11-12H2,(H,22,28). The van der Waals surface area contributed by atoms with Gasteiger partial charge in [-0.15, -0.1) is 0 Å². The summed E-state index contributed by atoms with van der Waals surface area (Å²) in [6, 6.07) is 10.5. The Balaban J connectivity index is 1.44. The second-order valence-electron chi connectivity index (χ2n) is 7.26. The average Bonchev–Trinajstić information content (AvgIpc) is 2.80. The van der Waals surface area contributed by atoms with Crippen LogP contribution in [-0.4, -0.2) is 39.7 Å². The molecule has 0 atom stereocenters. The van der Waals surface area contributed by atoms with Gasteiger partial charge in [0.2, 0.25) is 0 Å². The van der Waals surface area contributed by atoms with Gasteiger partial charge < -0.3 is 9.64 Å². The van der Waals surface area contributed by atoms with Crippen LogP contribution < -0.4 is 16.0 Å². The summed E-state index contributed by atoms with van der Waals surface area (Å²) in [6.45, 7) is -0.741. The number of carbonyl (C=O) groups excluding carboxylic acids is 2. The van der Waals surface area contributed by atoms with Crippen LogP contribution in [0.3, 0.4) is 0 Å². The van der Waals surface area contributed by atoms with Gasteiger partial charge in [0.25, 0.3) is 22.7 Å². The smallest absolute Gasteiger partial charge is 0.328 e.